The van der Waals surface area contributed by atoms with Crippen molar-refractivity contribution in [2.45, 2.75) is 57.8 Å². The third kappa shape index (κ3) is 10.5. The first kappa shape index (κ1) is 19.9. The molecule has 0 spiro atoms. The first-order valence-corrected chi connectivity index (χ1v) is 9.94. The Labute approximate surface area is 135 Å². The molecule has 0 saturated heterocycles. The summed E-state index contributed by atoms with van der Waals surface area (Å²) in [7, 11) is 0.0506. The van der Waals surface area contributed by atoms with Gasteiger partial charge in [0, 0.05) is 0 Å². The Morgan fingerprint density at radius 3 is 2.36 bits per heavy atom. The summed E-state index contributed by atoms with van der Waals surface area (Å²) in [5.74, 6) is 0. The standard InChI is InChI=1S/C16H32NO4P/c1-17(2)13-9-15-21-22(18,19)20-14-8-4-7-12-16-10-5-3-6-11-16/h12H,3-11,13-15H2,1-2H3,(H,18,19). The molecule has 0 aromatic rings. The van der Waals surface area contributed by atoms with E-state index in [2.05, 4.69) is 6.08 Å². The molecule has 1 aliphatic carbocycles. The monoisotopic (exact) mass is 333 g/mol. The number of nitrogens with zero attached hydrogens (tertiary/aromatic N) is 1. The molecule has 130 valence electrons. The van der Waals surface area contributed by atoms with Gasteiger partial charge in [-0.05, 0) is 72.0 Å². The molecule has 0 amide bonds. The van der Waals surface area contributed by atoms with E-state index in [9.17, 15) is 9.46 Å². The number of phosphoric acid groups is 1. The van der Waals surface area contributed by atoms with Crippen LogP contribution in [-0.2, 0) is 13.6 Å². The Hall–Kier alpha value is -0.190. The van der Waals surface area contributed by atoms with Crippen LogP contribution < -0.4 is 0 Å². The summed E-state index contributed by atoms with van der Waals surface area (Å²) in [6.07, 6.45) is 12.4. The zero-order valence-corrected chi connectivity index (χ0v) is 15.0. The minimum absolute atomic E-state index is 0.248. The van der Waals surface area contributed by atoms with Crippen LogP contribution in [0.25, 0.3) is 0 Å². The van der Waals surface area contributed by atoms with Crippen LogP contribution in [0.2, 0.25) is 0 Å². The van der Waals surface area contributed by atoms with Crippen molar-refractivity contribution >= 4 is 7.82 Å². The van der Waals surface area contributed by atoms with Gasteiger partial charge in [0.25, 0.3) is 0 Å². The van der Waals surface area contributed by atoms with Gasteiger partial charge in [0.1, 0.15) is 0 Å². The summed E-state index contributed by atoms with van der Waals surface area (Å²) in [5.41, 5.74) is 1.59. The minimum atomic E-state index is -3.86. The van der Waals surface area contributed by atoms with Crippen LogP contribution in [0.5, 0.6) is 0 Å². The smallest absolute Gasteiger partial charge is 0.309 e. The van der Waals surface area contributed by atoms with Crippen LogP contribution in [-0.4, -0.2) is 43.6 Å². The second-order valence-electron chi connectivity index (χ2n) is 6.21. The summed E-state index contributed by atoms with van der Waals surface area (Å²) >= 11 is 0. The maximum absolute atomic E-state index is 11.6. The van der Waals surface area contributed by atoms with Gasteiger partial charge >= 0.3 is 7.82 Å². The van der Waals surface area contributed by atoms with Gasteiger partial charge in [-0.3, -0.25) is 9.05 Å². The van der Waals surface area contributed by atoms with Crippen LogP contribution >= 0.6 is 7.82 Å². The van der Waals surface area contributed by atoms with E-state index in [0.717, 1.165) is 25.8 Å². The minimum Gasteiger partial charge on any atom is -0.309 e. The quantitative estimate of drug-likeness (QED) is 0.350. The highest BCUT2D eigenvalue weighted by Crippen LogP contribution is 2.43. The van der Waals surface area contributed by atoms with Crippen molar-refractivity contribution in [3.8, 4) is 0 Å². The predicted molar refractivity (Wildman–Crippen MR) is 89.9 cm³/mol. The van der Waals surface area contributed by atoms with Gasteiger partial charge in [-0.15, -0.1) is 0 Å². The highest BCUT2D eigenvalue weighted by Gasteiger charge is 2.19. The van der Waals surface area contributed by atoms with E-state index in [1.807, 2.05) is 19.0 Å². The molecule has 1 atom stereocenters. The Morgan fingerprint density at radius 2 is 1.73 bits per heavy atom. The average Bonchev–Trinajstić information content (AvgIpc) is 2.48. The zero-order chi connectivity index (χ0) is 16.3. The molecule has 0 heterocycles. The summed E-state index contributed by atoms with van der Waals surface area (Å²) in [5, 5.41) is 0. The molecule has 0 bridgehead atoms. The van der Waals surface area contributed by atoms with Gasteiger partial charge in [0.2, 0.25) is 0 Å². The fraction of sp³-hybridized carbons (Fsp3) is 0.875. The van der Waals surface area contributed by atoms with E-state index in [4.69, 9.17) is 9.05 Å². The van der Waals surface area contributed by atoms with Crippen molar-refractivity contribution in [1.29, 1.82) is 0 Å². The third-order valence-corrected chi connectivity index (χ3v) is 4.80. The lowest BCUT2D eigenvalue weighted by Gasteiger charge is -2.14. The molecule has 1 rings (SSSR count). The second-order valence-corrected chi connectivity index (χ2v) is 7.66. The lowest BCUT2D eigenvalue weighted by Crippen LogP contribution is -2.14. The molecule has 22 heavy (non-hydrogen) atoms. The van der Waals surface area contributed by atoms with Crippen molar-refractivity contribution in [3.63, 3.8) is 0 Å². The van der Waals surface area contributed by atoms with Gasteiger partial charge in [-0.2, -0.15) is 0 Å². The van der Waals surface area contributed by atoms with E-state index in [1.165, 1.54) is 32.1 Å². The van der Waals surface area contributed by atoms with Gasteiger partial charge in [-0.25, -0.2) is 4.57 Å². The summed E-state index contributed by atoms with van der Waals surface area (Å²) in [6, 6.07) is 0. The van der Waals surface area contributed by atoms with Gasteiger partial charge in [0.15, 0.2) is 0 Å². The molecule has 1 saturated carbocycles. The van der Waals surface area contributed by atoms with Gasteiger partial charge in [0.05, 0.1) is 13.2 Å². The lowest BCUT2D eigenvalue weighted by molar-refractivity contribution is 0.143. The molecule has 1 fully saturated rings. The Balaban J connectivity index is 2.01. The van der Waals surface area contributed by atoms with Crippen LogP contribution in [0.4, 0.5) is 0 Å². The van der Waals surface area contributed by atoms with E-state index < -0.39 is 7.82 Å². The molecule has 5 nitrogen and oxygen atoms in total. The number of phosphoric ester groups is 1. The fourth-order valence-corrected chi connectivity index (χ4v) is 3.33. The van der Waals surface area contributed by atoms with Crippen molar-refractivity contribution < 1.29 is 18.5 Å². The Bertz CT molecular complexity index is 363. The zero-order valence-electron chi connectivity index (χ0n) is 14.1. The Morgan fingerprint density at radius 1 is 1.09 bits per heavy atom. The molecule has 1 N–H and O–H groups in total. The van der Waals surface area contributed by atoms with E-state index >= 15 is 0 Å². The maximum atomic E-state index is 11.6. The first-order chi connectivity index (χ1) is 10.5. The molecule has 1 unspecified atom stereocenters. The summed E-state index contributed by atoms with van der Waals surface area (Å²) in [4.78, 5) is 11.5. The van der Waals surface area contributed by atoms with Crippen LogP contribution in [0.3, 0.4) is 0 Å². The van der Waals surface area contributed by atoms with Crippen molar-refractivity contribution in [1.82, 2.24) is 4.90 Å². The molecular formula is C16H32NO4P. The number of allylic oxidation sites excluding steroid dienone is 2. The predicted octanol–water partition coefficient (Wildman–Crippen LogP) is 4.13. The van der Waals surface area contributed by atoms with Crippen molar-refractivity contribution in [2.24, 2.45) is 0 Å². The third-order valence-electron chi connectivity index (χ3n) is 3.79. The van der Waals surface area contributed by atoms with Gasteiger partial charge < -0.3 is 9.79 Å². The molecule has 0 aromatic carbocycles. The summed E-state index contributed by atoms with van der Waals surface area (Å²) < 4.78 is 21.5. The van der Waals surface area contributed by atoms with Crippen molar-refractivity contribution in [2.75, 3.05) is 33.9 Å². The molecule has 0 aliphatic heterocycles. The number of hydrogen-bond donors (Lipinski definition) is 1. The molecule has 6 heteroatoms. The van der Waals surface area contributed by atoms with Crippen molar-refractivity contribution in [3.05, 3.63) is 11.6 Å². The first-order valence-electron chi connectivity index (χ1n) is 8.44. The number of unbranched alkanes of at least 4 members (excludes halogenated alkanes) is 2. The molecular weight excluding hydrogens is 301 g/mol. The highest BCUT2D eigenvalue weighted by atomic mass is 31.2. The van der Waals surface area contributed by atoms with Crippen LogP contribution in [0.15, 0.2) is 11.6 Å². The van der Waals surface area contributed by atoms with Crippen LogP contribution in [0.1, 0.15) is 57.8 Å². The average molecular weight is 333 g/mol. The molecule has 0 aromatic heterocycles. The largest absolute Gasteiger partial charge is 0.472 e. The lowest BCUT2D eigenvalue weighted by atomic mass is 9.94. The fourth-order valence-electron chi connectivity index (χ4n) is 2.54. The van der Waals surface area contributed by atoms with Gasteiger partial charge in [-0.1, -0.05) is 18.1 Å². The number of hydrogen-bond acceptors (Lipinski definition) is 4. The normalized spacial score (nSPS) is 18.5. The number of rotatable bonds is 11. The maximum Gasteiger partial charge on any atom is 0.472 e. The highest BCUT2D eigenvalue weighted by molar-refractivity contribution is 7.47. The van der Waals surface area contributed by atoms with E-state index in [-0.39, 0.29) is 13.2 Å². The van der Waals surface area contributed by atoms with E-state index in [0.29, 0.717) is 6.42 Å². The van der Waals surface area contributed by atoms with Crippen LogP contribution in [0, 0.1) is 0 Å². The Kier molecular flexibility index (Phi) is 10.3. The molecule has 1 aliphatic rings. The molecule has 0 radical (unpaired) electrons. The topological polar surface area (TPSA) is 59.0 Å². The second kappa shape index (κ2) is 11.4. The van der Waals surface area contributed by atoms with E-state index in [1.54, 1.807) is 5.57 Å². The summed E-state index contributed by atoms with van der Waals surface area (Å²) in [6.45, 7) is 1.36. The SMILES string of the molecule is CN(C)CCCOP(=O)(O)OCCCCC=C1CCCCC1.